The fraction of sp³-hybridized carbons (Fsp3) is 0.222. The van der Waals surface area contributed by atoms with E-state index in [0.717, 1.165) is 10.5 Å². The van der Waals surface area contributed by atoms with Crippen LogP contribution in [0.3, 0.4) is 0 Å². The minimum absolute atomic E-state index is 0.0766. The standard InChI is InChI=1S/C18H17ClN2O4S/c1-11-6-7-12(2)15(10-11)26(24,25)20-8-9-21-17(22)13-4-3-5-14(19)16(13)18(21)23/h3-7,10,20H,8-9H2,1-2H3. The van der Waals surface area contributed by atoms with E-state index in [1.54, 1.807) is 32.0 Å². The van der Waals surface area contributed by atoms with Crippen LogP contribution < -0.4 is 4.72 Å². The van der Waals surface area contributed by atoms with E-state index >= 15 is 0 Å². The predicted molar refractivity (Wildman–Crippen MR) is 97.9 cm³/mol. The van der Waals surface area contributed by atoms with Crippen molar-refractivity contribution < 1.29 is 18.0 Å². The molecule has 0 radical (unpaired) electrons. The lowest BCUT2D eigenvalue weighted by Crippen LogP contribution is -2.38. The van der Waals surface area contributed by atoms with E-state index in [9.17, 15) is 18.0 Å². The molecule has 136 valence electrons. The Morgan fingerprint density at radius 3 is 2.50 bits per heavy atom. The lowest BCUT2D eigenvalue weighted by molar-refractivity contribution is 0.0657. The molecular weight excluding hydrogens is 376 g/mol. The first-order valence-electron chi connectivity index (χ1n) is 7.94. The van der Waals surface area contributed by atoms with Gasteiger partial charge in [-0.15, -0.1) is 0 Å². The number of imide groups is 1. The largest absolute Gasteiger partial charge is 0.273 e. The summed E-state index contributed by atoms with van der Waals surface area (Å²) in [5.74, 6) is -0.986. The van der Waals surface area contributed by atoms with E-state index in [1.165, 1.54) is 12.1 Å². The Hall–Kier alpha value is -2.22. The van der Waals surface area contributed by atoms with Crippen LogP contribution in [-0.4, -0.2) is 38.2 Å². The monoisotopic (exact) mass is 392 g/mol. The molecule has 0 saturated heterocycles. The van der Waals surface area contributed by atoms with Crippen molar-refractivity contribution in [3.8, 4) is 0 Å². The molecule has 1 aliphatic heterocycles. The highest BCUT2D eigenvalue weighted by molar-refractivity contribution is 7.89. The van der Waals surface area contributed by atoms with Gasteiger partial charge in [-0.1, -0.05) is 29.8 Å². The van der Waals surface area contributed by atoms with Crippen LogP contribution in [0, 0.1) is 13.8 Å². The summed E-state index contributed by atoms with van der Waals surface area (Å²) >= 11 is 6.00. The number of hydrogen-bond donors (Lipinski definition) is 1. The summed E-state index contributed by atoms with van der Waals surface area (Å²) in [7, 11) is -3.74. The molecule has 2 amide bonds. The van der Waals surface area contributed by atoms with Gasteiger partial charge in [-0.2, -0.15) is 0 Å². The molecular formula is C18H17ClN2O4S. The van der Waals surface area contributed by atoms with Gasteiger partial charge in [-0.3, -0.25) is 14.5 Å². The average molecular weight is 393 g/mol. The molecule has 8 heteroatoms. The second-order valence-corrected chi connectivity index (χ2v) is 8.23. The van der Waals surface area contributed by atoms with Crippen molar-refractivity contribution >= 4 is 33.4 Å². The minimum Gasteiger partial charge on any atom is -0.273 e. The number of carbonyl (C=O) groups excluding carboxylic acids is 2. The molecule has 2 aromatic carbocycles. The van der Waals surface area contributed by atoms with Crippen molar-refractivity contribution in [3.63, 3.8) is 0 Å². The third-order valence-corrected chi connectivity index (χ3v) is 6.13. The fourth-order valence-electron chi connectivity index (χ4n) is 2.86. The van der Waals surface area contributed by atoms with Crippen molar-refractivity contribution in [1.82, 2.24) is 9.62 Å². The van der Waals surface area contributed by atoms with E-state index in [1.807, 2.05) is 6.07 Å². The van der Waals surface area contributed by atoms with Crippen molar-refractivity contribution in [2.24, 2.45) is 0 Å². The number of hydrogen-bond acceptors (Lipinski definition) is 4. The van der Waals surface area contributed by atoms with Crippen molar-refractivity contribution in [1.29, 1.82) is 0 Å². The summed E-state index contributed by atoms with van der Waals surface area (Å²) in [5, 5.41) is 0.208. The Kier molecular flexibility index (Phi) is 4.88. The van der Waals surface area contributed by atoms with E-state index in [4.69, 9.17) is 11.6 Å². The minimum atomic E-state index is -3.74. The second-order valence-electron chi connectivity index (χ2n) is 6.09. The molecule has 2 aromatic rings. The third kappa shape index (κ3) is 3.25. The van der Waals surface area contributed by atoms with Gasteiger partial charge in [0.2, 0.25) is 10.0 Å². The molecule has 0 atom stereocenters. The van der Waals surface area contributed by atoms with Gasteiger partial charge in [-0.25, -0.2) is 13.1 Å². The summed E-state index contributed by atoms with van der Waals surface area (Å²) in [6.45, 7) is 3.35. The van der Waals surface area contributed by atoms with E-state index in [0.29, 0.717) is 5.56 Å². The van der Waals surface area contributed by atoms with E-state index < -0.39 is 21.8 Å². The highest BCUT2D eigenvalue weighted by Gasteiger charge is 2.36. The molecule has 1 N–H and O–H groups in total. The van der Waals surface area contributed by atoms with Crippen LogP contribution in [0.15, 0.2) is 41.3 Å². The lowest BCUT2D eigenvalue weighted by atomic mass is 10.1. The fourth-order valence-corrected chi connectivity index (χ4v) is 4.47. The lowest BCUT2D eigenvalue weighted by Gasteiger charge is -2.15. The first kappa shape index (κ1) is 18.6. The topological polar surface area (TPSA) is 83.6 Å². The summed E-state index contributed by atoms with van der Waals surface area (Å²) in [6, 6.07) is 9.81. The Labute approximate surface area is 156 Å². The number of carbonyl (C=O) groups is 2. The number of rotatable bonds is 5. The van der Waals surface area contributed by atoms with E-state index in [2.05, 4.69) is 4.72 Å². The molecule has 26 heavy (non-hydrogen) atoms. The zero-order valence-corrected chi connectivity index (χ0v) is 15.8. The Bertz CT molecular complexity index is 1020. The van der Waals surface area contributed by atoms with E-state index in [-0.39, 0.29) is 34.1 Å². The number of halogens is 1. The van der Waals surface area contributed by atoms with Crippen LogP contribution in [0.4, 0.5) is 0 Å². The Balaban J connectivity index is 1.73. The summed E-state index contributed by atoms with van der Waals surface area (Å²) < 4.78 is 27.4. The second kappa shape index (κ2) is 6.83. The van der Waals surface area contributed by atoms with Crippen LogP contribution in [-0.2, 0) is 10.0 Å². The highest BCUT2D eigenvalue weighted by Crippen LogP contribution is 2.28. The van der Waals surface area contributed by atoms with Gasteiger partial charge in [0.05, 0.1) is 21.0 Å². The number of nitrogens with one attached hydrogen (secondary N) is 1. The first-order chi connectivity index (χ1) is 12.2. The quantitative estimate of drug-likeness (QED) is 0.792. The van der Waals surface area contributed by atoms with Crippen LogP contribution in [0.2, 0.25) is 5.02 Å². The maximum absolute atomic E-state index is 12.5. The van der Waals surface area contributed by atoms with Crippen LogP contribution in [0.5, 0.6) is 0 Å². The molecule has 0 aliphatic carbocycles. The van der Waals surface area contributed by atoms with Crippen molar-refractivity contribution in [3.05, 3.63) is 63.7 Å². The molecule has 3 rings (SSSR count). The van der Waals surface area contributed by atoms with Crippen molar-refractivity contribution in [2.45, 2.75) is 18.7 Å². The average Bonchev–Trinajstić information content (AvgIpc) is 2.82. The molecule has 1 heterocycles. The summed E-state index contributed by atoms with van der Waals surface area (Å²) in [5.41, 5.74) is 1.85. The SMILES string of the molecule is Cc1ccc(C)c(S(=O)(=O)NCCN2C(=O)c3cccc(Cl)c3C2=O)c1. The highest BCUT2D eigenvalue weighted by atomic mass is 35.5. The predicted octanol–water partition coefficient (Wildman–Crippen LogP) is 2.53. The first-order valence-corrected chi connectivity index (χ1v) is 9.80. The third-order valence-electron chi connectivity index (χ3n) is 4.21. The Morgan fingerprint density at radius 2 is 1.81 bits per heavy atom. The maximum Gasteiger partial charge on any atom is 0.263 e. The number of amides is 2. The van der Waals surface area contributed by atoms with Gasteiger partial charge in [0.25, 0.3) is 11.8 Å². The normalized spacial score (nSPS) is 14.0. The van der Waals surface area contributed by atoms with Crippen LogP contribution in [0.1, 0.15) is 31.8 Å². The Morgan fingerprint density at radius 1 is 1.08 bits per heavy atom. The molecule has 0 saturated carbocycles. The summed E-state index contributed by atoms with van der Waals surface area (Å²) in [4.78, 5) is 25.9. The maximum atomic E-state index is 12.5. The van der Waals surface area contributed by atoms with Gasteiger partial charge in [0.15, 0.2) is 0 Å². The van der Waals surface area contributed by atoms with Gasteiger partial charge in [0, 0.05) is 13.1 Å². The van der Waals surface area contributed by atoms with Crippen LogP contribution in [0.25, 0.3) is 0 Å². The zero-order valence-electron chi connectivity index (χ0n) is 14.2. The van der Waals surface area contributed by atoms with Gasteiger partial charge >= 0.3 is 0 Å². The van der Waals surface area contributed by atoms with Crippen LogP contribution >= 0.6 is 11.6 Å². The number of benzene rings is 2. The van der Waals surface area contributed by atoms with Gasteiger partial charge in [-0.05, 0) is 43.2 Å². The van der Waals surface area contributed by atoms with Gasteiger partial charge in [0.1, 0.15) is 0 Å². The molecule has 0 unspecified atom stereocenters. The summed E-state index contributed by atoms with van der Waals surface area (Å²) in [6.07, 6.45) is 0. The molecule has 0 fully saturated rings. The zero-order chi connectivity index (χ0) is 19.1. The molecule has 0 spiro atoms. The number of fused-ring (bicyclic) bond motifs is 1. The molecule has 1 aliphatic rings. The number of aryl methyl sites for hydroxylation is 2. The smallest absolute Gasteiger partial charge is 0.263 e. The number of sulfonamides is 1. The number of nitrogens with zero attached hydrogens (tertiary/aromatic N) is 1. The van der Waals surface area contributed by atoms with Gasteiger partial charge < -0.3 is 0 Å². The molecule has 0 bridgehead atoms. The molecule has 6 nitrogen and oxygen atoms in total. The molecule has 0 aromatic heterocycles. The van der Waals surface area contributed by atoms with Crippen molar-refractivity contribution in [2.75, 3.05) is 13.1 Å².